The van der Waals surface area contributed by atoms with Gasteiger partial charge in [-0.05, 0) is 32.2 Å². The Morgan fingerprint density at radius 2 is 1.59 bits per heavy atom. The zero-order valence-electron chi connectivity index (χ0n) is 12.6. The molecule has 0 radical (unpaired) electrons. The van der Waals surface area contributed by atoms with E-state index in [4.69, 9.17) is 4.74 Å². The lowest BCUT2D eigenvalue weighted by molar-refractivity contribution is 0.0102. The van der Waals surface area contributed by atoms with Crippen LogP contribution in [0.3, 0.4) is 0 Å². The Labute approximate surface area is 109 Å². The molecule has 0 spiro atoms. The lowest BCUT2D eigenvalue weighted by Gasteiger charge is -2.33. The quantitative estimate of drug-likeness (QED) is 0.592. The van der Waals surface area contributed by atoms with Crippen LogP contribution in [-0.4, -0.2) is 25.3 Å². The third kappa shape index (κ3) is 6.42. The van der Waals surface area contributed by atoms with E-state index < -0.39 is 0 Å². The van der Waals surface area contributed by atoms with Gasteiger partial charge < -0.3 is 10.1 Å². The highest BCUT2D eigenvalue weighted by Gasteiger charge is 2.26. The van der Waals surface area contributed by atoms with Crippen LogP contribution >= 0.6 is 0 Å². The molecule has 2 atom stereocenters. The van der Waals surface area contributed by atoms with E-state index in [-0.39, 0.29) is 0 Å². The monoisotopic (exact) mass is 243 g/mol. The van der Waals surface area contributed by atoms with Crippen molar-refractivity contribution in [1.82, 2.24) is 5.32 Å². The summed E-state index contributed by atoms with van der Waals surface area (Å²) in [7, 11) is 0. The first-order valence-corrected chi connectivity index (χ1v) is 7.59. The van der Waals surface area contributed by atoms with E-state index in [0.29, 0.717) is 12.1 Å². The van der Waals surface area contributed by atoms with Crippen molar-refractivity contribution >= 4 is 0 Å². The Morgan fingerprint density at radius 3 is 2.00 bits per heavy atom. The van der Waals surface area contributed by atoms with Crippen LogP contribution in [0.15, 0.2) is 0 Å². The molecule has 0 aromatic carbocycles. The Bertz CT molecular complexity index is 151. The molecule has 0 aliphatic rings. The fourth-order valence-electron chi connectivity index (χ4n) is 2.57. The maximum Gasteiger partial charge on any atom is 0.0730 e. The summed E-state index contributed by atoms with van der Waals surface area (Å²) in [5.74, 6) is 0.740. The van der Waals surface area contributed by atoms with E-state index in [2.05, 4.69) is 39.9 Å². The Kier molecular flexibility index (Phi) is 11.0. The maximum atomic E-state index is 5.96. The van der Waals surface area contributed by atoms with Gasteiger partial charge in [0.15, 0.2) is 0 Å². The normalized spacial score (nSPS) is 15.2. The molecule has 0 amide bonds. The lowest BCUT2D eigenvalue weighted by Crippen LogP contribution is -2.46. The van der Waals surface area contributed by atoms with Gasteiger partial charge in [-0.15, -0.1) is 0 Å². The zero-order valence-corrected chi connectivity index (χ0v) is 12.6. The fourth-order valence-corrected chi connectivity index (χ4v) is 2.57. The first kappa shape index (κ1) is 16.9. The van der Waals surface area contributed by atoms with E-state index >= 15 is 0 Å². The Balaban J connectivity index is 4.56. The standard InChI is InChI=1S/C15H33NO/c1-6-11-14(17-10-5)15(16-12-7-2)13(8-3)9-4/h13-16H,6-12H2,1-5H3. The highest BCUT2D eigenvalue weighted by atomic mass is 16.5. The largest absolute Gasteiger partial charge is 0.377 e. The van der Waals surface area contributed by atoms with Gasteiger partial charge in [0.1, 0.15) is 0 Å². The van der Waals surface area contributed by atoms with Crippen molar-refractivity contribution in [2.24, 2.45) is 5.92 Å². The molecule has 0 saturated heterocycles. The fraction of sp³-hybridized carbons (Fsp3) is 1.00. The topological polar surface area (TPSA) is 21.3 Å². The van der Waals surface area contributed by atoms with Crippen molar-refractivity contribution in [3.8, 4) is 0 Å². The predicted octanol–water partition coefficient (Wildman–Crippen LogP) is 4.00. The second-order valence-corrected chi connectivity index (χ2v) is 4.84. The Morgan fingerprint density at radius 1 is 0.941 bits per heavy atom. The lowest BCUT2D eigenvalue weighted by atomic mass is 9.88. The summed E-state index contributed by atoms with van der Waals surface area (Å²) in [4.78, 5) is 0. The molecule has 0 bridgehead atoms. The van der Waals surface area contributed by atoms with Crippen molar-refractivity contribution < 1.29 is 4.74 Å². The minimum absolute atomic E-state index is 0.390. The van der Waals surface area contributed by atoms with E-state index in [1.807, 2.05) is 0 Å². The van der Waals surface area contributed by atoms with Crippen molar-refractivity contribution in [1.29, 1.82) is 0 Å². The second kappa shape index (κ2) is 11.0. The summed E-state index contributed by atoms with van der Waals surface area (Å²) in [6.07, 6.45) is 6.44. The van der Waals surface area contributed by atoms with Gasteiger partial charge in [-0.25, -0.2) is 0 Å². The van der Waals surface area contributed by atoms with Crippen LogP contribution in [0.25, 0.3) is 0 Å². The number of hydrogen-bond donors (Lipinski definition) is 1. The summed E-state index contributed by atoms with van der Waals surface area (Å²) in [5, 5.41) is 3.72. The predicted molar refractivity (Wildman–Crippen MR) is 76.5 cm³/mol. The Hall–Kier alpha value is -0.0800. The van der Waals surface area contributed by atoms with Gasteiger partial charge in [0.2, 0.25) is 0 Å². The molecule has 2 heteroatoms. The van der Waals surface area contributed by atoms with Gasteiger partial charge in [0.25, 0.3) is 0 Å². The van der Waals surface area contributed by atoms with Crippen molar-refractivity contribution in [3.05, 3.63) is 0 Å². The van der Waals surface area contributed by atoms with E-state index in [1.165, 1.54) is 32.1 Å². The summed E-state index contributed by atoms with van der Waals surface area (Å²) < 4.78 is 5.96. The van der Waals surface area contributed by atoms with Crippen LogP contribution in [0.1, 0.15) is 66.7 Å². The number of rotatable bonds is 11. The summed E-state index contributed by atoms with van der Waals surface area (Å²) in [6.45, 7) is 13.1. The molecule has 0 aliphatic heterocycles. The smallest absolute Gasteiger partial charge is 0.0730 e. The van der Waals surface area contributed by atoms with Crippen molar-refractivity contribution in [2.45, 2.75) is 78.9 Å². The molecular formula is C15H33NO. The van der Waals surface area contributed by atoms with E-state index in [0.717, 1.165) is 19.1 Å². The highest BCUT2D eigenvalue weighted by Crippen LogP contribution is 2.21. The van der Waals surface area contributed by atoms with Crippen molar-refractivity contribution in [3.63, 3.8) is 0 Å². The maximum absolute atomic E-state index is 5.96. The van der Waals surface area contributed by atoms with E-state index in [1.54, 1.807) is 0 Å². The van der Waals surface area contributed by atoms with Gasteiger partial charge >= 0.3 is 0 Å². The minimum atomic E-state index is 0.390. The van der Waals surface area contributed by atoms with Crippen LogP contribution in [-0.2, 0) is 4.74 Å². The van der Waals surface area contributed by atoms with Crippen LogP contribution < -0.4 is 5.32 Å². The molecule has 0 aromatic rings. The molecule has 17 heavy (non-hydrogen) atoms. The van der Waals surface area contributed by atoms with Gasteiger partial charge in [-0.3, -0.25) is 0 Å². The third-order valence-electron chi connectivity index (χ3n) is 3.54. The van der Waals surface area contributed by atoms with E-state index in [9.17, 15) is 0 Å². The molecular weight excluding hydrogens is 210 g/mol. The van der Waals surface area contributed by atoms with Gasteiger partial charge in [0.05, 0.1) is 6.10 Å². The number of ether oxygens (including phenoxy) is 1. The highest BCUT2D eigenvalue weighted by molar-refractivity contribution is 4.83. The number of hydrogen-bond acceptors (Lipinski definition) is 2. The SMILES string of the molecule is CCCNC(C(CC)CC)C(CCC)OCC. The second-order valence-electron chi connectivity index (χ2n) is 4.84. The van der Waals surface area contributed by atoms with Gasteiger partial charge in [0, 0.05) is 12.6 Å². The summed E-state index contributed by atoms with van der Waals surface area (Å²) >= 11 is 0. The first-order chi connectivity index (χ1) is 8.24. The van der Waals surface area contributed by atoms with Crippen molar-refractivity contribution in [2.75, 3.05) is 13.2 Å². The molecule has 1 N–H and O–H groups in total. The molecule has 0 saturated carbocycles. The molecule has 2 unspecified atom stereocenters. The molecule has 0 heterocycles. The third-order valence-corrected chi connectivity index (χ3v) is 3.54. The van der Waals surface area contributed by atoms with Gasteiger partial charge in [-0.1, -0.05) is 47.0 Å². The van der Waals surface area contributed by atoms with Crippen LogP contribution in [0, 0.1) is 5.92 Å². The molecule has 0 aliphatic carbocycles. The van der Waals surface area contributed by atoms with Crippen LogP contribution in [0.4, 0.5) is 0 Å². The summed E-state index contributed by atoms with van der Waals surface area (Å²) in [6, 6.07) is 0.532. The average Bonchev–Trinajstić information content (AvgIpc) is 2.34. The van der Waals surface area contributed by atoms with Crippen LogP contribution in [0.2, 0.25) is 0 Å². The molecule has 2 nitrogen and oxygen atoms in total. The first-order valence-electron chi connectivity index (χ1n) is 7.59. The minimum Gasteiger partial charge on any atom is -0.377 e. The molecule has 0 aromatic heterocycles. The van der Waals surface area contributed by atoms with Gasteiger partial charge in [-0.2, -0.15) is 0 Å². The summed E-state index contributed by atoms with van der Waals surface area (Å²) in [5.41, 5.74) is 0. The zero-order chi connectivity index (χ0) is 13.1. The average molecular weight is 243 g/mol. The molecule has 0 fully saturated rings. The molecule has 0 rings (SSSR count). The van der Waals surface area contributed by atoms with Crippen LogP contribution in [0.5, 0.6) is 0 Å². The molecule has 104 valence electrons. The number of nitrogens with one attached hydrogen (secondary N) is 1.